The van der Waals surface area contributed by atoms with Gasteiger partial charge >= 0.3 is 0 Å². The predicted molar refractivity (Wildman–Crippen MR) is 105 cm³/mol. The van der Waals surface area contributed by atoms with Crippen LogP contribution in [0, 0.1) is 5.82 Å². The third-order valence-electron chi connectivity index (χ3n) is 4.06. The number of ether oxygens (including phenoxy) is 3. The van der Waals surface area contributed by atoms with Crippen LogP contribution in [-0.2, 0) is 13.2 Å². The molecule has 0 fully saturated rings. The molecule has 6 heteroatoms. The lowest BCUT2D eigenvalue weighted by atomic mass is 10.1. The van der Waals surface area contributed by atoms with Crippen LogP contribution >= 0.6 is 0 Å². The number of aromatic nitrogens is 1. The molecule has 0 aliphatic carbocycles. The molecule has 3 aromatic rings. The third-order valence-corrected chi connectivity index (χ3v) is 4.06. The maximum Gasteiger partial charge on any atom is 0.213 e. The lowest BCUT2D eigenvalue weighted by Crippen LogP contribution is -2.21. The van der Waals surface area contributed by atoms with Gasteiger partial charge in [0.1, 0.15) is 19.0 Å². The van der Waals surface area contributed by atoms with E-state index in [9.17, 15) is 4.39 Å². The predicted octanol–water partition coefficient (Wildman–Crippen LogP) is 3.98. The zero-order valence-electron chi connectivity index (χ0n) is 15.7. The molecule has 1 N–H and O–H groups in total. The van der Waals surface area contributed by atoms with E-state index in [1.54, 1.807) is 25.4 Å². The Kier molecular flexibility index (Phi) is 7.21. The van der Waals surface area contributed by atoms with Gasteiger partial charge in [-0.15, -0.1) is 0 Å². The van der Waals surface area contributed by atoms with Crippen LogP contribution in [0.25, 0.3) is 0 Å². The summed E-state index contributed by atoms with van der Waals surface area (Å²) in [5.74, 6) is 1.67. The van der Waals surface area contributed by atoms with Gasteiger partial charge in [0.05, 0.1) is 7.11 Å². The van der Waals surface area contributed by atoms with Crippen molar-refractivity contribution in [3.05, 3.63) is 83.8 Å². The molecule has 0 atom stereocenters. The van der Waals surface area contributed by atoms with Crippen molar-refractivity contribution >= 4 is 0 Å². The Balaban J connectivity index is 1.55. The summed E-state index contributed by atoms with van der Waals surface area (Å²) in [5, 5.41) is 3.33. The zero-order valence-corrected chi connectivity index (χ0v) is 15.7. The van der Waals surface area contributed by atoms with Crippen molar-refractivity contribution in [2.24, 2.45) is 0 Å². The van der Waals surface area contributed by atoms with Crippen LogP contribution in [0.1, 0.15) is 11.1 Å². The quantitative estimate of drug-likeness (QED) is 0.538. The number of benzene rings is 2. The average Bonchev–Trinajstić information content (AvgIpc) is 2.74. The van der Waals surface area contributed by atoms with Gasteiger partial charge in [-0.05, 0) is 29.8 Å². The standard InChI is InChI=1S/C22H23FN2O3/c1-26-20-6-4-5-18(15-24-13-14-27-21-7-2-3-12-25-21)22(20)28-16-17-8-10-19(23)11-9-17/h2-12,24H,13-16H2,1H3. The van der Waals surface area contributed by atoms with Crippen LogP contribution in [0.3, 0.4) is 0 Å². The molecular weight excluding hydrogens is 359 g/mol. The minimum absolute atomic E-state index is 0.265. The first kappa shape index (κ1) is 19.6. The van der Waals surface area contributed by atoms with Gasteiger partial charge in [-0.3, -0.25) is 0 Å². The Morgan fingerprint density at radius 3 is 2.57 bits per heavy atom. The molecule has 5 nitrogen and oxygen atoms in total. The molecule has 0 saturated carbocycles. The molecule has 1 aromatic heterocycles. The zero-order chi connectivity index (χ0) is 19.6. The molecule has 0 spiro atoms. The summed E-state index contributed by atoms with van der Waals surface area (Å²) in [5.41, 5.74) is 1.86. The van der Waals surface area contributed by atoms with E-state index >= 15 is 0 Å². The molecule has 0 amide bonds. The number of rotatable bonds is 10. The van der Waals surface area contributed by atoms with E-state index in [1.165, 1.54) is 12.1 Å². The SMILES string of the molecule is COc1cccc(CNCCOc2ccccn2)c1OCc1ccc(F)cc1. The summed E-state index contributed by atoms with van der Waals surface area (Å²) in [6.45, 7) is 2.09. The third kappa shape index (κ3) is 5.69. The van der Waals surface area contributed by atoms with E-state index in [2.05, 4.69) is 10.3 Å². The molecule has 1 heterocycles. The number of halogens is 1. The smallest absolute Gasteiger partial charge is 0.213 e. The number of pyridine rings is 1. The monoisotopic (exact) mass is 382 g/mol. The Morgan fingerprint density at radius 1 is 0.964 bits per heavy atom. The van der Waals surface area contributed by atoms with E-state index in [0.29, 0.717) is 43.7 Å². The highest BCUT2D eigenvalue weighted by Gasteiger charge is 2.11. The number of nitrogens with zero attached hydrogens (tertiary/aromatic N) is 1. The molecule has 28 heavy (non-hydrogen) atoms. The van der Waals surface area contributed by atoms with Gasteiger partial charge in [-0.2, -0.15) is 0 Å². The summed E-state index contributed by atoms with van der Waals surface area (Å²) in [6.07, 6.45) is 1.70. The van der Waals surface area contributed by atoms with Crippen molar-refractivity contribution in [2.45, 2.75) is 13.2 Å². The molecule has 0 unspecified atom stereocenters. The molecule has 0 aliphatic heterocycles. The molecular formula is C22H23FN2O3. The van der Waals surface area contributed by atoms with E-state index in [0.717, 1.165) is 11.1 Å². The second-order valence-electron chi connectivity index (χ2n) is 6.06. The highest BCUT2D eigenvalue weighted by molar-refractivity contribution is 5.46. The van der Waals surface area contributed by atoms with Crippen molar-refractivity contribution in [3.8, 4) is 17.4 Å². The first-order valence-electron chi connectivity index (χ1n) is 9.04. The van der Waals surface area contributed by atoms with Crippen molar-refractivity contribution in [1.82, 2.24) is 10.3 Å². The summed E-state index contributed by atoms with van der Waals surface area (Å²) in [7, 11) is 1.61. The van der Waals surface area contributed by atoms with E-state index in [1.807, 2.05) is 36.4 Å². The first-order valence-corrected chi connectivity index (χ1v) is 9.04. The largest absolute Gasteiger partial charge is 0.493 e. The number of nitrogens with one attached hydrogen (secondary N) is 1. The molecule has 0 aliphatic rings. The minimum atomic E-state index is -0.265. The maximum absolute atomic E-state index is 13.1. The van der Waals surface area contributed by atoms with Crippen molar-refractivity contribution in [2.75, 3.05) is 20.3 Å². The van der Waals surface area contributed by atoms with Crippen LogP contribution < -0.4 is 19.5 Å². The van der Waals surface area contributed by atoms with Gasteiger partial charge in [0.15, 0.2) is 11.5 Å². The van der Waals surface area contributed by atoms with Crippen molar-refractivity contribution in [3.63, 3.8) is 0 Å². The van der Waals surface area contributed by atoms with Crippen LogP contribution in [-0.4, -0.2) is 25.2 Å². The summed E-state index contributed by atoms with van der Waals surface area (Å²) in [6, 6.07) is 17.6. The Hall–Kier alpha value is -3.12. The van der Waals surface area contributed by atoms with Crippen LogP contribution in [0.15, 0.2) is 66.9 Å². The molecule has 2 aromatic carbocycles. The lowest BCUT2D eigenvalue weighted by molar-refractivity contribution is 0.278. The van der Waals surface area contributed by atoms with Gasteiger partial charge < -0.3 is 19.5 Å². The average molecular weight is 382 g/mol. The molecule has 0 bridgehead atoms. The van der Waals surface area contributed by atoms with Gasteiger partial charge in [0.2, 0.25) is 5.88 Å². The van der Waals surface area contributed by atoms with Crippen molar-refractivity contribution < 1.29 is 18.6 Å². The summed E-state index contributed by atoms with van der Waals surface area (Å²) < 4.78 is 30.0. The van der Waals surface area contributed by atoms with Gasteiger partial charge in [-0.1, -0.05) is 30.3 Å². The van der Waals surface area contributed by atoms with E-state index < -0.39 is 0 Å². The summed E-state index contributed by atoms with van der Waals surface area (Å²) in [4.78, 5) is 4.12. The molecule has 3 rings (SSSR count). The van der Waals surface area contributed by atoms with E-state index in [4.69, 9.17) is 14.2 Å². The summed E-state index contributed by atoms with van der Waals surface area (Å²) >= 11 is 0. The van der Waals surface area contributed by atoms with Crippen LogP contribution in [0.5, 0.6) is 17.4 Å². The Morgan fingerprint density at radius 2 is 1.82 bits per heavy atom. The topological polar surface area (TPSA) is 52.6 Å². The molecule has 146 valence electrons. The van der Waals surface area contributed by atoms with Crippen LogP contribution in [0.4, 0.5) is 4.39 Å². The van der Waals surface area contributed by atoms with Gasteiger partial charge in [-0.25, -0.2) is 9.37 Å². The number of hydrogen-bond donors (Lipinski definition) is 1. The fraction of sp³-hybridized carbons (Fsp3) is 0.227. The van der Waals surface area contributed by atoms with Crippen molar-refractivity contribution in [1.29, 1.82) is 0 Å². The molecule has 0 saturated heterocycles. The normalized spacial score (nSPS) is 10.5. The lowest BCUT2D eigenvalue weighted by Gasteiger charge is -2.16. The second-order valence-corrected chi connectivity index (χ2v) is 6.06. The van der Waals surface area contributed by atoms with Gasteiger partial charge in [0, 0.05) is 30.9 Å². The maximum atomic E-state index is 13.1. The Bertz CT molecular complexity index is 857. The highest BCUT2D eigenvalue weighted by atomic mass is 19.1. The van der Waals surface area contributed by atoms with Crippen LogP contribution in [0.2, 0.25) is 0 Å². The number of hydrogen-bond acceptors (Lipinski definition) is 5. The highest BCUT2D eigenvalue weighted by Crippen LogP contribution is 2.31. The Labute approximate surface area is 164 Å². The van der Waals surface area contributed by atoms with Gasteiger partial charge in [0.25, 0.3) is 0 Å². The second kappa shape index (κ2) is 10.3. The minimum Gasteiger partial charge on any atom is -0.493 e. The first-order chi connectivity index (χ1) is 13.8. The fourth-order valence-electron chi connectivity index (χ4n) is 2.64. The fourth-order valence-corrected chi connectivity index (χ4v) is 2.64. The van der Waals surface area contributed by atoms with E-state index in [-0.39, 0.29) is 5.82 Å². The number of methoxy groups -OCH3 is 1. The molecule has 0 radical (unpaired) electrons. The number of para-hydroxylation sites is 1.